The van der Waals surface area contributed by atoms with E-state index in [4.69, 9.17) is 10.00 Å². The number of aromatic nitrogens is 4. The molecule has 0 saturated heterocycles. The minimum Gasteiger partial charge on any atom is -0.472 e. The molecule has 0 bridgehead atoms. The highest BCUT2D eigenvalue weighted by Gasteiger charge is 2.25. The molecule has 1 amide bonds. The smallest absolute Gasteiger partial charge is 0.271 e. The largest absolute Gasteiger partial charge is 0.472 e. The van der Waals surface area contributed by atoms with Gasteiger partial charge in [0.05, 0.1) is 0 Å². The molecule has 1 fully saturated rings. The molecule has 2 heterocycles. The summed E-state index contributed by atoms with van der Waals surface area (Å²) >= 11 is 0. The molecule has 9 nitrogen and oxygen atoms in total. The lowest BCUT2D eigenvalue weighted by Gasteiger charge is -2.29. The Morgan fingerprint density at radius 2 is 2.00 bits per heavy atom. The highest BCUT2D eigenvalue weighted by atomic mass is 16.5. The normalized spacial score (nSPS) is 19.4. The Morgan fingerprint density at radius 3 is 2.69 bits per heavy atom. The fourth-order valence-electron chi connectivity index (χ4n) is 2.85. The summed E-state index contributed by atoms with van der Waals surface area (Å²) in [6.07, 6.45) is 5.81. The SMILES string of the molecule is Cn1nc(C(=O)NC2CCC(Oc3nccnc3C#N)CC2)ccc1=O. The molecule has 1 N–H and O–H groups in total. The van der Waals surface area contributed by atoms with Crippen molar-refractivity contribution in [2.75, 3.05) is 0 Å². The van der Waals surface area contributed by atoms with Crippen molar-refractivity contribution in [2.24, 2.45) is 7.05 Å². The molecule has 0 aliphatic heterocycles. The number of nitrogens with one attached hydrogen (secondary N) is 1. The van der Waals surface area contributed by atoms with Gasteiger partial charge >= 0.3 is 0 Å². The van der Waals surface area contributed by atoms with Crippen molar-refractivity contribution in [2.45, 2.75) is 37.8 Å². The number of hydrogen-bond acceptors (Lipinski definition) is 7. The van der Waals surface area contributed by atoms with Gasteiger partial charge in [0.1, 0.15) is 17.9 Å². The summed E-state index contributed by atoms with van der Waals surface area (Å²) in [5.74, 6) is -0.0532. The van der Waals surface area contributed by atoms with Crippen molar-refractivity contribution in [3.63, 3.8) is 0 Å². The Balaban J connectivity index is 1.53. The molecular formula is C17H18N6O3. The molecule has 0 aromatic carbocycles. The van der Waals surface area contributed by atoms with Crippen LogP contribution in [-0.4, -0.2) is 37.8 Å². The van der Waals surface area contributed by atoms with Crippen LogP contribution >= 0.6 is 0 Å². The van der Waals surface area contributed by atoms with Crippen molar-refractivity contribution in [3.05, 3.63) is 46.3 Å². The van der Waals surface area contributed by atoms with Crippen LogP contribution in [0.15, 0.2) is 29.3 Å². The van der Waals surface area contributed by atoms with Gasteiger partial charge in [0.25, 0.3) is 17.3 Å². The zero-order valence-corrected chi connectivity index (χ0v) is 14.3. The topological polar surface area (TPSA) is 123 Å². The quantitative estimate of drug-likeness (QED) is 0.851. The molecule has 1 aliphatic rings. The molecule has 0 unspecified atom stereocenters. The number of rotatable bonds is 4. The van der Waals surface area contributed by atoms with Gasteiger partial charge < -0.3 is 10.1 Å². The van der Waals surface area contributed by atoms with E-state index in [-0.39, 0.29) is 40.9 Å². The van der Waals surface area contributed by atoms with Gasteiger partial charge in [-0.1, -0.05) is 0 Å². The maximum atomic E-state index is 12.3. The molecule has 0 atom stereocenters. The van der Waals surface area contributed by atoms with Gasteiger partial charge in [0.2, 0.25) is 5.69 Å². The third-order valence-electron chi connectivity index (χ3n) is 4.25. The van der Waals surface area contributed by atoms with E-state index in [1.54, 1.807) is 0 Å². The summed E-state index contributed by atoms with van der Waals surface area (Å²) in [6.45, 7) is 0. The van der Waals surface area contributed by atoms with E-state index in [1.165, 1.54) is 31.6 Å². The highest BCUT2D eigenvalue weighted by molar-refractivity contribution is 5.92. The van der Waals surface area contributed by atoms with Crippen LogP contribution in [0.4, 0.5) is 0 Å². The van der Waals surface area contributed by atoms with Gasteiger partial charge in [0, 0.05) is 31.5 Å². The summed E-state index contributed by atoms with van der Waals surface area (Å²) in [7, 11) is 1.50. The predicted octanol–water partition coefficient (Wildman–Crippen LogP) is 0.562. The van der Waals surface area contributed by atoms with Crippen LogP contribution in [0.25, 0.3) is 0 Å². The molecule has 134 valence electrons. The van der Waals surface area contributed by atoms with Gasteiger partial charge in [-0.2, -0.15) is 10.4 Å². The van der Waals surface area contributed by atoms with Crippen LogP contribution in [-0.2, 0) is 7.05 Å². The minimum absolute atomic E-state index is 0.0127. The van der Waals surface area contributed by atoms with Crippen molar-refractivity contribution in [1.82, 2.24) is 25.1 Å². The van der Waals surface area contributed by atoms with Crippen molar-refractivity contribution >= 4 is 5.91 Å². The molecule has 2 aromatic rings. The Labute approximate surface area is 149 Å². The second kappa shape index (κ2) is 7.74. The Kier molecular flexibility index (Phi) is 5.22. The summed E-state index contributed by atoms with van der Waals surface area (Å²) in [4.78, 5) is 31.6. The van der Waals surface area contributed by atoms with Crippen LogP contribution in [0.1, 0.15) is 41.9 Å². The number of carbonyl (C=O) groups is 1. The molecule has 3 rings (SSSR count). The fraction of sp³-hybridized carbons (Fsp3) is 0.412. The Hall–Kier alpha value is -3.28. The standard InChI is InChI=1S/C17H18N6O3/c1-23-15(24)7-6-13(22-23)16(25)21-11-2-4-12(5-3-11)26-17-14(10-18)19-8-9-20-17/h6-9,11-12H,2-5H2,1H3,(H,21,25). The maximum Gasteiger partial charge on any atom is 0.271 e. The van der Waals surface area contributed by atoms with Crippen LogP contribution < -0.4 is 15.6 Å². The summed E-state index contributed by atoms with van der Waals surface area (Å²) < 4.78 is 6.92. The van der Waals surface area contributed by atoms with Crippen LogP contribution in [0.2, 0.25) is 0 Å². The van der Waals surface area contributed by atoms with Crippen LogP contribution in [0.5, 0.6) is 5.88 Å². The molecule has 0 spiro atoms. The average molecular weight is 354 g/mol. The first-order valence-electron chi connectivity index (χ1n) is 8.30. The van der Waals surface area contributed by atoms with E-state index in [1.807, 2.05) is 6.07 Å². The van der Waals surface area contributed by atoms with E-state index < -0.39 is 0 Å². The summed E-state index contributed by atoms with van der Waals surface area (Å²) in [6, 6.07) is 4.71. The van der Waals surface area contributed by atoms with E-state index in [0.29, 0.717) is 0 Å². The van der Waals surface area contributed by atoms with E-state index >= 15 is 0 Å². The number of aryl methyl sites for hydroxylation is 1. The molecule has 0 radical (unpaired) electrons. The van der Waals surface area contributed by atoms with Crippen molar-refractivity contribution in [1.29, 1.82) is 5.26 Å². The monoisotopic (exact) mass is 354 g/mol. The minimum atomic E-state index is -0.300. The second-order valence-corrected chi connectivity index (χ2v) is 6.07. The number of nitriles is 1. The third kappa shape index (κ3) is 4.03. The Morgan fingerprint density at radius 1 is 1.27 bits per heavy atom. The molecule has 1 saturated carbocycles. The zero-order valence-electron chi connectivity index (χ0n) is 14.3. The van der Waals surface area contributed by atoms with Gasteiger partial charge in [-0.05, 0) is 31.7 Å². The average Bonchev–Trinajstić information content (AvgIpc) is 2.66. The third-order valence-corrected chi connectivity index (χ3v) is 4.25. The molecule has 2 aromatic heterocycles. The second-order valence-electron chi connectivity index (χ2n) is 6.07. The fourth-order valence-corrected chi connectivity index (χ4v) is 2.85. The zero-order chi connectivity index (χ0) is 18.5. The summed E-state index contributed by atoms with van der Waals surface area (Å²) in [5, 5.41) is 15.9. The number of carbonyl (C=O) groups excluding carboxylic acids is 1. The van der Waals surface area contributed by atoms with Gasteiger partial charge in [-0.25, -0.2) is 14.6 Å². The first-order valence-corrected chi connectivity index (χ1v) is 8.30. The Bertz CT molecular complexity index is 896. The van der Waals surface area contributed by atoms with E-state index in [2.05, 4.69) is 20.4 Å². The van der Waals surface area contributed by atoms with Gasteiger partial charge in [-0.3, -0.25) is 9.59 Å². The first kappa shape index (κ1) is 17.5. The van der Waals surface area contributed by atoms with Gasteiger partial charge in [0.15, 0.2) is 0 Å². The van der Waals surface area contributed by atoms with E-state index in [0.717, 1.165) is 30.4 Å². The highest BCUT2D eigenvalue weighted by Crippen LogP contribution is 2.24. The van der Waals surface area contributed by atoms with E-state index in [9.17, 15) is 9.59 Å². The van der Waals surface area contributed by atoms with Gasteiger partial charge in [-0.15, -0.1) is 0 Å². The predicted molar refractivity (Wildman–Crippen MR) is 90.4 cm³/mol. The molecule has 9 heteroatoms. The van der Waals surface area contributed by atoms with Crippen molar-refractivity contribution < 1.29 is 9.53 Å². The number of hydrogen-bond donors (Lipinski definition) is 1. The van der Waals surface area contributed by atoms with Crippen molar-refractivity contribution in [3.8, 4) is 11.9 Å². The number of nitrogens with zero attached hydrogens (tertiary/aromatic N) is 5. The van der Waals surface area contributed by atoms with Crippen LogP contribution in [0, 0.1) is 11.3 Å². The lowest BCUT2D eigenvalue weighted by molar-refractivity contribution is 0.0882. The number of ether oxygens (including phenoxy) is 1. The molecule has 1 aliphatic carbocycles. The first-order chi connectivity index (χ1) is 12.6. The van der Waals surface area contributed by atoms with Crippen LogP contribution in [0.3, 0.4) is 0 Å². The maximum absolute atomic E-state index is 12.3. The number of amides is 1. The molecule has 26 heavy (non-hydrogen) atoms. The lowest BCUT2D eigenvalue weighted by Crippen LogP contribution is -2.40. The summed E-state index contributed by atoms with van der Waals surface area (Å²) in [5.41, 5.74) is 0.118. The molecular weight excluding hydrogens is 336 g/mol. The lowest BCUT2D eigenvalue weighted by atomic mass is 9.93.